The van der Waals surface area contributed by atoms with Gasteiger partial charge in [-0.2, -0.15) is 13.2 Å². The van der Waals surface area contributed by atoms with Crippen molar-refractivity contribution in [3.8, 4) is 0 Å². The van der Waals surface area contributed by atoms with Gasteiger partial charge in [-0.3, -0.25) is 4.79 Å². The Hall–Kier alpha value is -0.820. The van der Waals surface area contributed by atoms with E-state index in [0.717, 1.165) is 0 Å². The lowest BCUT2D eigenvalue weighted by Crippen LogP contribution is -2.43. The highest BCUT2D eigenvalue weighted by Gasteiger charge is 2.44. The monoisotopic (exact) mass is 229 g/mol. The average molecular weight is 229 g/mol. The summed E-state index contributed by atoms with van der Waals surface area (Å²) in [7, 11) is 0. The Balaban J connectivity index is 4.17. The zero-order valence-electron chi connectivity index (χ0n) is 8.43. The maximum Gasteiger partial charge on any atom is 0.403 e. The summed E-state index contributed by atoms with van der Waals surface area (Å²) in [5, 5.41) is 19.8. The number of rotatable bonds is 5. The molecule has 0 amide bonds. The third kappa shape index (κ3) is 6.29. The van der Waals surface area contributed by atoms with Crippen molar-refractivity contribution in [2.75, 3.05) is 13.1 Å². The van der Waals surface area contributed by atoms with Crippen LogP contribution in [-0.2, 0) is 4.79 Å². The van der Waals surface area contributed by atoms with Gasteiger partial charge in [0.2, 0.25) is 0 Å². The van der Waals surface area contributed by atoms with Gasteiger partial charge in [-0.15, -0.1) is 0 Å². The van der Waals surface area contributed by atoms with E-state index in [2.05, 4.69) is 5.32 Å². The van der Waals surface area contributed by atoms with E-state index in [1.54, 1.807) is 0 Å². The van der Waals surface area contributed by atoms with Crippen LogP contribution in [0.5, 0.6) is 0 Å². The summed E-state index contributed by atoms with van der Waals surface area (Å²) in [6, 6.07) is 0. The molecule has 0 saturated heterocycles. The molecule has 1 unspecified atom stereocenters. The van der Waals surface area contributed by atoms with E-state index in [-0.39, 0.29) is 6.54 Å². The second-order valence-corrected chi connectivity index (χ2v) is 3.88. The van der Waals surface area contributed by atoms with Gasteiger partial charge in [0, 0.05) is 13.1 Å². The second-order valence-electron chi connectivity index (χ2n) is 3.88. The van der Waals surface area contributed by atoms with Gasteiger partial charge in [0.05, 0.1) is 5.60 Å². The van der Waals surface area contributed by atoms with Crippen molar-refractivity contribution >= 4 is 5.97 Å². The largest absolute Gasteiger partial charge is 0.481 e. The summed E-state index contributed by atoms with van der Waals surface area (Å²) < 4.78 is 36.3. The highest BCUT2D eigenvalue weighted by Crippen LogP contribution is 2.25. The molecule has 0 heterocycles. The molecule has 90 valence electrons. The van der Waals surface area contributed by atoms with E-state index in [0.29, 0.717) is 0 Å². The number of alkyl halides is 3. The van der Waals surface area contributed by atoms with E-state index in [1.165, 1.54) is 13.8 Å². The summed E-state index contributed by atoms with van der Waals surface area (Å²) in [4.78, 5) is 10.3. The molecule has 0 spiro atoms. The number of carbonyl (C=O) groups is 1. The van der Waals surface area contributed by atoms with Crippen LogP contribution in [0.2, 0.25) is 0 Å². The van der Waals surface area contributed by atoms with E-state index < -0.39 is 30.2 Å². The van der Waals surface area contributed by atoms with Crippen LogP contribution in [-0.4, -0.2) is 41.0 Å². The summed E-state index contributed by atoms with van der Waals surface area (Å²) in [5.41, 5.74) is -1.17. The van der Waals surface area contributed by atoms with E-state index in [4.69, 9.17) is 5.11 Å². The standard InChI is InChI=1S/C8H14F3NO3/c1-7(2,15)4-12-3-5(6(13)14)8(9,10)11/h5,12,15H,3-4H2,1-2H3,(H,13,14). The molecule has 7 heteroatoms. The van der Waals surface area contributed by atoms with Crippen LogP contribution in [0.15, 0.2) is 0 Å². The fourth-order valence-corrected chi connectivity index (χ4v) is 0.865. The van der Waals surface area contributed by atoms with Crippen molar-refractivity contribution in [3.63, 3.8) is 0 Å². The zero-order chi connectivity index (χ0) is 12.3. The number of aliphatic carboxylic acids is 1. The molecular formula is C8H14F3NO3. The van der Waals surface area contributed by atoms with Crippen LogP contribution >= 0.6 is 0 Å². The predicted octanol–water partition coefficient (Wildman–Crippen LogP) is 0.610. The number of halogens is 3. The molecule has 0 rings (SSSR count). The smallest absolute Gasteiger partial charge is 0.403 e. The second kappa shape index (κ2) is 4.80. The van der Waals surface area contributed by atoms with Crippen molar-refractivity contribution in [1.82, 2.24) is 5.32 Å². The minimum atomic E-state index is -4.78. The third-order valence-corrected chi connectivity index (χ3v) is 1.60. The quantitative estimate of drug-likeness (QED) is 0.646. The predicted molar refractivity (Wildman–Crippen MR) is 46.3 cm³/mol. The maximum atomic E-state index is 12.1. The van der Waals surface area contributed by atoms with E-state index in [9.17, 15) is 23.1 Å². The minimum absolute atomic E-state index is 0.104. The number of hydrogen-bond donors (Lipinski definition) is 3. The molecule has 0 aliphatic heterocycles. The number of carboxylic acids is 1. The fraction of sp³-hybridized carbons (Fsp3) is 0.875. The molecule has 15 heavy (non-hydrogen) atoms. The van der Waals surface area contributed by atoms with Crippen LogP contribution < -0.4 is 5.32 Å². The lowest BCUT2D eigenvalue weighted by Gasteiger charge is -2.21. The molecule has 0 bridgehead atoms. The molecule has 0 fully saturated rings. The molecule has 0 radical (unpaired) electrons. The molecular weight excluding hydrogens is 215 g/mol. The van der Waals surface area contributed by atoms with Gasteiger partial charge < -0.3 is 15.5 Å². The fourth-order valence-electron chi connectivity index (χ4n) is 0.865. The van der Waals surface area contributed by atoms with Crippen molar-refractivity contribution in [2.24, 2.45) is 5.92 Å². The number of hydrogen-bond acceptors (Lipinski definition) is 3. The lowest BCUT2D eigenvalue weighted by molar-refractivity contribution is -0.192. The van der Waals surface area contributed by atoms with Crippen LogP contribution in [0.1, 0.15) is 13.8 Å². The van der Waals surface area contributed by atoms with Gasteiger partial charge in [0.25, 0.3) is 0 Å². The van der Waals surface area contributed by atoms with Crippen molar-refractivity contribution in [1.29, 1.82) is 0 Å². The first-order valence-corrected chi connectivity index (χ1v) is 4.26. The highest BCUT2D eigenvalue weighted by atomic mass is 19.4. The SMILES string of the molecule is CC(C)(O)CNCC(C(=O)O)C(F)(F)F. The van der Waals surface area contributed by atoms with Gasteiger partial charge >= 0.3 is 12.1 Å². The van der Waals surface area contributed by atoms with Crippen molar-refractivity contribution in [3.05, 3.63) is 0 Å². The Morgan fingerprint density at radius 3 is 2.13 bits per heavy atom. The molecule has 4 nitrogen and oxygen atoms in total. The van der Waals surface area contributed by atoms with Gasteiger partial charge in [-0.05, 0) is 13.8 Å². The van der Waals surface area contributed by atoms with Crippen LogP contribution in [0.4, 0.5) is 13.2 Å². The molecule has 0 aromatic rings. The van der Waals surface area contributed by atoms with Gasteiger partial charge in [-0.1, -0.05) is 0 Å². The van der Waals surface area contributed by atoms with Crippen LogP contribution in [0.3, 0.4) is 0 Å². The molecule has 0 aromatic heterocycles. The third-order valence-electron chi connectivity index (χ3n) is 1.60. The van der Waals surface area contributed by atoms with Crippen molar-refractivity contribution in [2.45, 2.75) is 25.6 Å². The van der Waals surface area contributed by atoms with Crippen LogP contribution in [0, 0.1) is 5.92 Å². The van der Waals surface area contributed by atoms with E-state index in [1.807, 2.05) is 0 Å². The number of carboxylic acid groups (broad SMARTS) is 1. The molecule has 0 aliphatic rings. The van der Waals surface area contributed by atoms with Crippen LogP contribution in [0.25, 0.3) is 0 Å². The summed E-state index contributed by atoms with van der Waals surface area (Å²) in [6.45, 7) is 1.96. The Labute approximate surface area is 85.1 Å². The molecule has 0 aromatic carbocycles. The molecule has 1 atom stereocenters. The normalized spacial score (nSPS) is 15.1. The van der Waals surface area contributed by atoms with E-state index >= 15 is 0 Å². The molecule has 0 saturated carbocycles. The Morgan fingerprint density at radius 2 is 1.87 bits per heavy atom. The number of aliphatic hydroxyl groups is 1. The maximum absolute atomic E-state index is 12.1. The van der Waals surface area contributed by atoms with Gasteiger partial charge in [-0.25, -0.2) is 0 Å². The summed E-state index contributed by atoms with van der Waals surface area (Å²) >= 11 is 0. The summed E-state index contributed by atoms with van der Waals surface area (Å²) in [6.07, 6.45) is -4.78. The van der Waals surface area contributed by atoms with Gasteiger partial charge in [0.15, 0.2) is 5.92 Å². The first-order valence-electron chi connectivity index (χ1n) is 4.26. The van der Waals surface area contributed by atoms with Crippen molar-refractivity contribution < 1.29 is 28.2 Å². The summed E-state index contributed by atoms with van der Waals surface area (Å²) in [5.74, 6) is -4.37. The van der Waals surface area contributed by atoms with Gasteiger partial charge in [0.1, 0.15) is 0 Å². The first kappa shape index (κ1) is 14.2. The average Bonchev–Trinajstić information content (AvgIpc) is 1.92. The Kier molecular flexibility index (Phi) is 4.54. The topological polar surface area (TPSA) is 69.6 Å². The first-order chi connectivity index (χ1) is 6.54. The number of nitrogens with one attached hydrogen (secondary N) is 1. The highest BCUT2D eigenvalue weighted by molar-refractivity contribution is 5.71. The minimum Gasteiger partial charge on any atom is -0.481 e. The lowest BCUT2D eigenvalue weighted by atomic mass is 10.1. The zero-order valence-corrected chi connectivity index (χ0v) is 8.43. The molecule has 0 aliphatic carbocycles. The Morgan fingerprint density at radius 1 is 1.40 bits per heavy atom. The molecule has 3 N–H and O–H groups in total. The Bertz CT molecular complexity index is 222.